The Hall–Kier alpha value is -2.06. The van der Waals surface area contributed by atoms with E-state index in [-0.39, 0.29) is 18.8 Å². The molecule has 0 aliphatic heterocycles. The molecule has 0 amide bonds. The van der Waals surface area contributed by atoms with Gasteiger partial charge in [0.25, 0.3) is 0 Å². The van der Waals surface area contributed by atoms with Crippen molar-refractivity contribution in [3.63, 3.8) is 0 Å². The van der Waals surface area contributed by atoms with E-state index in [4.69, 9.17) is 9.78 Å². The van der Waals surface area contributed by atoms with E-state index in [0.29, 0.717) is 13.2 Å². The summed E-state index contributed by atoms with van der Waals surface area (Å²) < 4.78 is 6.17. The number of ether oxygens (including phenoxy) is 1. The summed E-state index contributed by atoms with van der Waals surface area (Å²) in [5, 5.41) is 4.19. The van der Waals surface area contributed by atoms with Crippen molar-refractivity contribution >= 4 is 17.5 Å². The quantitative estimate of drug-likeness (QED) is 0.177. The Morgan fingerprint density at radius 2 is 1.83 bits per heavy atom. The highest BCUT2D eigenvalue weighted by molar-refractivity contribution is 6.36. The molecule has 0 unspecified atom stereocenters. The first kappa shape index (κ1) is 20.9. The Morgan fingerprint density at radius 1 is 1.17 bits per heavy atom. The van der Waals surface area contributed by atoms with Gasteiger partial charge in [0.2, 0.25) is 5.78 Å². The van der Waals surface area contributed by atoms with Gasteiger partial charge in [-0.05, 0) is 33.8 Å². The Morgan fingerprint density at radius 3 is 2.26 bits per heavy atom. The number of aryl methyl sites for hydroxylation is 2. The third-order valence-electron chi connectivity index (χ3n) is 2.48. The maximum absolute atomic E-state index is 10.6. The van der Waals surface area contributed by atoms with E-state index < -0.39 is 11.8 Å². The summed E-state index contributed by atoms with van der Waals surface area (Å²) in [7, 11) is 1.90. The highest BCUT2D eigenvalue weighted by Crippen LogP contribution is 2.02. The van der Waals surface area contributed by atoms with Crippen molar-refractivity contribution in [1.29, 1.82) is 0 Å². The van der Waals surface area contributed by atoms with Gasteiger partial charge in [-0.25, -0.2) is 14.6 Å². The molecule has 1 aromatic heterocycles. The Balaban J connectivity index is 0.000000423. The normalized spacial score (nSPS) is 9.78. The molecule has 0 spiro atoms. The number of ketones is 2. The second kappa shape index (κ2) is 11.5. The zero-order chi connectivity index (χ0) is 17.8. The van der Waals surface area contributed by atoms with Crippen LogP contribution in [0, 0.1) is 6.92 Å². The fourth-order valence-electron chi connectivity index (χ4n) is 1.40. The van der Waals surface area contributed by atoms with Gasteiger partial charge in [-0.2, -0.15) is 5.10 Å². The molecule has 0 atom stereocenters. The van der Waals surface area contributed by atoms with Gasteiger partial charge in [0.1, 0.15) is 12.4 Å². The minimum Gasteiger partial charge on any atom is -0.460 e. The number of rotatable bonds is 8. The lowest BCUT2D eigenvalue weighted by molar-refractivity contribution is -0.301. The second-order valence-electron chi connectivity index (χ2n) is 4.59. The molecule has 23 heavy (non-hydrogen) atoms. The number of esters is 1. The van der Waals surface area contributed by atoms with Crippen molar-refractivity contribution in [1.82, 2.24) is 9.78 Å². The predicted octanol–water partition coefficient (Wildman–Crippen LogP) is 1.29. The van der Waals surface area contributed by atoms with Crippen LogP contribution in [-0.2, 0) is 42.6 Å². The largest absolute Gasteiger partial charge is 0.460 e. The van der Waals surface area contributed by atoms with Crippen LogP contribution in [0.5, 0.6) is 0 Å². The summed E-state index contributed by atoms with van der Waals surface area (Å²) in [5.74, 6) is -2.04. The van der Waals surface area contributed by atoms with Crippen molar-refractivity contribution in [2.75, 3.05) is 13.2 Å². The molecule has 8 heteroatoms. The molecular formula is C15H24N2O6. The van der Waals surface area contributed by atoms with E-state index in [1.807, 2.05) is 31.6 Å². The van der Waals surface area contributed by atoms with Crippen molar-refractivity contribution in [2.45, 2.75) is 40.7 Å². The zero-order valence-corrected chi connectivity index (χ0v) is 14.2. The molecule has 0 aliphatic rings. The Kier molecular flexibility index (Phi) is 10.5. The van der Waals surface area contributed by atoms with E-state index in [1.54, 1.807) is 6.92 Å². The van der Waals surface area contributed by atoms with Crippen molar-refractivity contribution in [2.24, 2.45) is 7.05 Å². The summed E-state index contributed by atoms with van der Waals surface area (Å²) in [6.45, 7) is 7.85. The van der Waals surface area contributed by atoms with Crippen LogP contribution < -0.4 is 0 Å². The number of carbonyl (C=O) groups excluding carboxylic acids is 3. The van der Waals surface area contributed by atoms with Crippen LogP contribution in [0.4, 0.5) is 0 Å². The van der Waals surface area contributed by atoms with Crippen LogP contribution in [0.25, 0.3) is 0 Å². The van der Waals surface area contributed by atoms with Crippen LogP contribution in [0.1, 0.15) is 38.6 Å². The maximum Gasteiger partial charge on any atom is 0.375 e. The Labute approximate surface area is 135 Å². The highest BCUT2D eigenvalue weighted by atomic mass is 17.2. The van der Waals surface area contributed by atoms with Crippen molar-refractivity contribution in [3.8, 4) is 0 Å². The molecule has 1 heterocycles. The van der Waals surface area contributed by atoms with E-state index in [2.05, 4.69) is 9.84 Å². The first-order chi connectivity index (χ1) is 10.8. The molecule has 0 saturated heterocycles. The fourth-order valence-corrected chi connectivity index (χ4v) is 1.40. The molecule has 0 saturated carbocycles. The van der Waals surface area contributed by atoms with Crippen LogP contribution >= 0.6 is 0 Å². The van der Waals surface area contributed by atoms with E-state index in [1.165, 1.54) is 6.92 Å². The van der Waals surface area contributed by atoms with Crippen molar-refractivity contribution < 1.29 is 28.9 Å². The molecule has 8 nitrogen and oxygen atoms in total. The summed E-state index contributed by atoms with van der Waals surface area (Å²) in [6, 6.07) is 1.97. The third kappa shape index (κ3) is 9.54. The minimum atomic E-state index is -0.928. The number of hydrogen-bond donors (Lipinski definition) is 0. The lowest BCUT2D eigenvalue weighted by Crippen LogP contribution is -2.19. The summed E-state index contributed by atoms with van der Waals surface area (Å²) in [6.07, 6.45) is -0.362. The number of Topliss-reactive ketones (excluding diaryl/α,β-unsaturated/α-hetero) is 2. The van der Waals surface area contributed by atoms with Gasteiger partial charge < -0.3 is 4.74 Å². The average molecular weight is 328 g/mol. The molecule has 0 radical (unpaired) electrons. The molecule has 0 aliphatic carbocycles. The van der Waals surface area contributed by atoms with Crippen LogP contribution in [0.2, 0.25) is 0 Å². The molecule has 0 fully saturated rings. The number of aromatic nitrogens is 2. The average Bonchev–Trinajstić information content (AvgIpc) is 2.78. The molecule has 130 valence electrons. The van der Waals surface area contributed by atoms with Gasteiger partial charge in [0.15, 0.2) is 0 Å². The zero-order valence-electron chi connectivity index (χ0n) is 14.2. The molecular weight excluding hydrogens is 304 g/mol. The first-order valence-electron chi connectivity index (χ1n) is 7.25. The number of carbonyl (C=O) groups is 3. The van der Waals surface area contributed by atoms with Crippen molar-refractivity contribution in [3.05, 3.63) is 17.5 Å². The van der Waals surface area contributed by atoms with Gasteiger partial charge >= 0.3 is 5.97 Å². The summed E-state index contributed by atoms with van der Waals surface area (Å²) in [5.41, 5.74) is 2.01. The van der Waals surface area contributed by atoms with Gasteiger partial charge in [-0.15, -0.1) is 0 Å². The van der Waals surface area contributed by atoms with Crippen LogP contribution in [0.15, 0.2) is 6.07 Å². The molecule has 1 aromatic rings. The summed E-state index contributed by atoms with van der Waals surface area (Å²) in [4.78, 5) is 41.1. The number of hydrogen-bond acceptors (Lipinski definition) is 7. The molecule has 1 rings (SSSR count). The standard InChI is InChI=1S/C8H14N2O2.C7H10O4/c1-4-11-12-6-8-5-7(2)10(3)9-8;1-3-11-7(10)6(9)4-5(2)8/h5H,4,6H2,1-3H3;3-4H2,1-2H3. The lowest BCUT2D eigenvalue weighted by Gasteiger charge is -1.97. The van der Waals surface area contributed by atoms with E-state index >= 15 is 0 Å². The third-order valence-corrected chi connectivity index (χ3v) is 2.48. The van der Waals surface area contributed by atoms with Crippen LogP contribution in [0.3, 0.4) is 0 Å². The Bertz CT molecular complexity index is 505. The lowest BCUT2D eigenvalue weighted by atomic mass is 10.2. The van der Waals surface area contributed by atoms with E-state index in [0.717, 1.165) is 11.4 Å². The second-order valence-corrected chi connectivity index (χ2v) is 4.59. The minimum absolute atomic E-state index is 0.155. The van der Waals surface area contributed by atoms with E-state index in [9.17, 15) is 14.4 Å². The van der Waals surface area contributed by atoms with Gasteiger partial charge in [-0.3, -0.25) is 14.3 Å². The summed E-state index contributed by atoms with van der Waals surface area (Å²) >= 11 is 0. The number of nitrogens with zero attached hydrogens (tertiary/aromatic N) is 2. The van der Waals surface area contributed by atoms with Crippen LogP contribution in [-0.4, -0.2) is 40.5 Å². The highest BCUT2D eigenvalue weighted by Gasteiger charge is 2.15. The first-order valence-corrected chi connectivity index (χ1v) is 7.25. The molecule has 0 aromatic carbocycles. The smallest absolute Gasteiger partial charge is 0.375 e. The topological polar surface area (TPSA) is 96.7 Å². The predicted molar refractivity (Wildman–Crippen MR) is 81.3 cm³/mol. The van der Waals surface area contributed by atoms with Gasteiger partial charge in [-0.1, -0.05) is 0 Å². The SMILES string of the molecule is CCOC(=O)C(=O)CC(C)=O.CCOOCc1cc(C)n(C)n1. The fraction of sp³-hybridized carbons (Fsp3) is 0.600. The van der Waals surface area contributed by atoms with Gasteiger partial charge in [0, 0.05) is 12.7 Å². The maximum atomic E-state index is 10.6. The monoisotopic (exact) mass is 328 g/mol. The molecule has 0 N–H and O–H groups in total. The van der Waals surface area contributed by atoms with Gasteiger partial charge in [0.05, 0.1) is 25.3 Å². The molecule has 0 bridgehead atoms.